The number of benzene rings is 1. The van der Waals surface area contributed by atoms with Crippen LogP contribution in [0, 0.1) is 17.2 Å². The summed E-state index contributed by atoms with van der Waals surface area (Å²) >= 11 is 6.00. The second kappa shape index (κ2) is 6.23. The maximum absolute atomic E-state index is 13.8. The highest BCUT2D eigenvalue weighted by Crippen LogP contribution is 2.34. The van der Waals surface area contributed by atoms with Gasteiger partial charge in [0.2, 0.25) is 0 Å². The van der Waals surface area contributed by atoms with E-state index < -0.39 is 11.2 Å². The van der Waals surface area contributed by atoms with E-state index >= 15 is 0 Å². The topological polar surface area (TPSA) is 29.1 Å². The Balaban J connectivity index is 2.14. The number of carbonyl (C=O) groups is 1. The number of rotatable bonds is 4. The van der Waals surface area contributed by atoms with Crippen LogP contribution >= 0.6 is 11.6 Å². The molecule has 0 bridgehead atoms. The zero-order chi connectivity index (χ0) is 14.8. The normalized spacial score (nSPS) is 19.9. The number of Topliss-reactive ketones (excluding diaryl/α,β-unsaturated/α-hetero) is 1. The van der Waals surface area contributed by atoms with Crippen LogP contribution in [0.5, 0.6) is 0 Å². The first kappa shape index (κ1) is 15.5. The van der Waals surface area contributed by atoms with E-state index in [-0.39, 0.29) is 12.2 Å². The van der Waals surface area contributed by atoms with Crippen molar-refractivity contribution in [1.82, 2.24) is 5.32 Å². The van der Waals surface area contributed by atoms with Gasteiger partial charge in [0.1, 0.15) is 11.6 Å². The van der Waals surface area contributed by atoms with Gasteiger partial charge in [0, 0.05) is 22.4 Å². The Morgan fingerprint density at radius 2 is 2.25 bits per heavy atom. The van der Waals surface area contributed by atoms with Gasteiger partial charge in [-0.15, -0.1) is 0 Å². The summed E-state index contributed by atoms with van der Waals surface area (Å²) in [4.78, 5) is 12.6. The minimum absolute atomic E-state index is 0.0539. The summed E-state index contributed by atoms with van der Waals surface area (Å²) in [5.74, 6) is -0.0454. The largest absolute Gasteiger partial charge is 0.316 e. The lowest BCUT2D eigenvalue weighted by atomic mass is 9.71. The molecule has 1 aromatic carbocycles. The number of ketones is 1. The first-order valence-corrected chi connectivity index (χ1v) is 7.47. The van der Waals surface area contributed by atoms with Crippen LogP contribution in [0.4, 0.5) is 4.39 Å². The molecule has 1 aromatic rings. The van der Waals surface area contributed by atoms with E-state index in [1.807, 2.05) is 13.8 Å². The van der Waals surface area contributed by atoms with Crippen LogP contribution in [0.25, 0.3) is 0 Å². The molecule has 1 N–H and O–H groups in total. The number of hydrogen-bond donors (Lipinski definition) is 1. The van der Waals surface area contributed by atoms with Gasteiger partial charge < -0.3 is 5.32 Å². The number of halogens is 2. The molecule has 2 nitrogen and oxygen atoms in total. The fourth-order valence-electron chi connectivity index (χ4n) is 2.79. The maximum Gasteiger partial charge on any atom is 0.143 e. The van der Waals surface area contributed by atoms with Crippen LogP contribution in [0.1, 0.15) is 32.3 Å². The van der Waals surface area contributed by atoms with Crippen molar-refractivity contribution in [2.75, 3.05) is 13.1 Å². The molecule has 0 amide bonds. The van der Waals surface area contributed by atoms with Gasteiger partial charge in [-0.2, -0.15) is 0 Å². The summed E-state index contributed by atoms with van der Waals surface area (Å²) in [6.45, 7) is 5.78. The lowest BCUT2D eigenvalue weighted by Gasteiger charge is -2.36. The molecule has 2 rings (SSSR count). The van der Waals surface area contributed by atoms with Gasteiger partial charge in [0.05, 0.1) is 0 Å². The van der Waals surface area contributed by atoms with E-state index in [0.717, 1.165) is 25.9 Å². The number of piperidine rings is 1. The Bertz CT molecular complexity index is 475. The minimum atomic E-state index is -0.459. The minimum Gasteiger partial charge on any atom is -0.316 e. The molecular weight excluding hydrogens is 277 g/mol. The average molecular weight is 298 g/mol. The Hall–Kier alpha value is -0.930. The molecule has 4 heteroatoms. The maximum atomic E-state index is 13.8. The first-order valence-electron chi connectivity index (χ1n) is 7.10. The van der Waals surface area contributed by atoms with Crippen molar-refractivity contribution < 1.29 is 9.18 Å². The van der Waals surface area contributed by atoms with Crippen molar-refractivity contribution in [2.24, 2.45) is 11.3 Å². The molecule has 1 heterocycles. The SMILES string of the molecule is CC(C)(C(=O)Cc1c(F)cccc1Cl)C1CCCNC1. The van der Waals surface area contributed by atoms with E-state index in [1.54, 1.807) is 12.1 Å². The molecule has 0 aliphatic carbocycles. The molecule has 1 saturated heterocycles. The first-order chi connectivity index (χ1) is 9.43. The van der Waals surface area contributed by atoms with Crippen molar-refractivity contribution >= 4 is 17.4 Å². The fraction of sp³-hybridized carbons (Fsp3) is 0.562. The summed E-state index contributed by atoms with van der Waals surface area (Å²) < 4.78 is 13.8. The molecule has 1 aliphatic rings. The van der Waals surface area contributed by atoms with Gasteiger partial charge in [0.15, 0.2) is 0 Å². The summed E-state index contributed by atoms with van der Waals surface area (Å²) in [5, 5.41) is 3.66. The third-order valence-corrected chi connectivity index (χ3v) is 4.79. The van der Waals surface area contributed by atoms with Crippen molar-refractivity contribution in [3.05, 3.63) is 34.6 Å². The van der Waals surface area contributed by atoms with Gasteiger partial charge in [-0.1, -0.05) is 31.5 Å². The summed E-state index contributed by atoms with van der Waals surface area (Å²) in [6, 6.07) is 4.54. The molecule has 0 spiro atoms. The van der Waals surface area contributed by atoms with Gasteiger partial charge in [-0.05, 0) is 44.0 Å². The standard InChI is InChI=1S/C16H21ClFNO/c1-16(2,11-5-4-8-19-10-11)15(20)9-12-13(17)6-3-7-14(12)18/h3,6-7,11,19H,4-5,8-10H2,1-2H3. The fourth-order valence-corrected chi connectivity index (χ4v) is 3.01. The van der Waals surface area contributed by atoms with Gasteiger partial charge in [-0.3, -0.25) is 4.79 Å². The lowest BCUT2D eigenvalue weighted by Crippen LogP contribution is -2.43. The zero-order valence-corrected chi connectivity index (χ0v) is 12.8. The molecule has 1 unspecified atom stereocenters. The van der Waals surface area contributed by atoms with Crippen molar-refractivity contribution in [3.8, 4) is 0 Å². The molecule has 1 aliphatic heterocycles. The molecular formula is C16H21ClFNO. The second-order valence-electron chi connectivity index (χ2n) is 6.07. The van der Waals surface area contributed by atoms with Crippen LogP contribution < -0.4 is 5.32 Å². The average Bonchev–Trinajstić information content (AvgIpc) is 2.43. The Morgan fingerprint density at radius 1 is 1.50 bits per heavy atom. The van der Waals surface area contributed by atoms with Crippen LogP contribution in [-0.4, -0.2) is 18.9 Å². The highest BCUT2D eigenvalue weighted by atomic mass is 35.5. The van der Waals surface area contributed by atoms with Gasteiger partial charge in [0.25, 0.3) is 0 Å². The Labute approximate surface area is 124 Å². The lowest BCUT2D eigenvalue weighted by molar-refractivity contribution is -0.129. The zero-order valence-electron chi connectivity index (χ0n) is 12.0. The van der Waals surface area contributed by atoms with Crippen molar-refractivity contribution in [3.63, 3.8) is 0 Å². The van der Waals surface area contributed by atoms with E-state index in [2.05, 4.69) is 5.32 Å². The summed E-state index contributed by atoms with van der Waals surface area (Å²) in [6.07, 6.45) is 2.19. The number of nitrogens with one attached hydrogen (secondary N) is 1. The van der Waals surface area contributed by atoms with Gasteiger partial charge >= 0.3 is 0 Å². The quantitative estimate of drug-likeness (QED) is 0.920. The number of hydrogen-bond acceptors (Lipinski definition) is 2. The van der Waals surface area contributed by atoms with Crippen molar-refractivity contribution in [1.29, 1.82) is 0 Å². The number of carbonyl (C=O) groups excluding carboxylic acids is 1. The Morgan fingerprint density at radius 3 is 2.85 bits per heavy atom. The van der Waals surface area contributed by atoms with E-state index in [1.165, 1.54) is 6.07 Å². The predicted molar refractivity (Wildman–Crippen MR) is 79.5 cm³/mol. The van der Waals surface area contributed by atoms with E-state index in [4.69, 9.17) is 11.6 Å². The van der Waals surface area contributed by atoms with Gasteiger partial charge in [-0.25, -0.2) is 4.39 Å². The molecule has 1 atom stereocenters. The predicted octanol–water partition coefficient (Wildman–Crippen LogP) is 3.62. The Kier molecular flexibility index (Phi) is 4.82. The highest BCUT2D eigenvalue weighted by Gasteiger charge is 2.37. The smallest absolute Gasteiger partial charge is 0.143 e. The molecule has 1 fully saturated rings. The third kappa shape index (κ3) is 3.21. The van der Waals surface area contributed by atoms with Crippen LogP contribution in [0.15, 0.2) is 18.2 Å². The molecule has 110 valence electrons. The highest BCUT2D eigenvalue weighted by molar-refractivity contribution is 6.31. The van der Waals surface area contributed by atoms with E-state index in [0.29, 0.717) is 16.5 Å². The van der Waals surface area contributed by atoms with Crippen LogP contribution in [0.2, 0.25) is 5.02 Å². The molecule has 0 aromatic heterocycles. The molecule has 20 heavy (non-hydrogen) atoms. The third-order valence-electron chi connectivity index (χ3n) is 4.44. The van der Waals surface area contributed by atoms with Crippen molar-refractivity contribution in [2.45, 2.75) is 33.1 Å². The van der Waals surface area contributed by atoms with Crippen LogP contribution in [-0.2, 0) is 11.2 Å². The monoisotopic (exact) mass is 297 g/mol. The second-order valence-corrected chi connectivity index (χ2v) is 6.47. The van der Waals surface area contributed by atoms with E-state index in [9.17, 15) is 9.18 Å². The van der Waals surface area contributed by atoms with Crippen LogP contribution in [0.3, 0.4) is 0 Å². The molecule has 0 radical (unpaired) electrons. The molecule has 0 saturated carbocycles. The summed E-state index contributed by atoms with van der Waals surface area (Å²) in [5.41, 5.74) is -0.144. The summed E-state index contributed by atoms with van der Waals surface area (Å²) in [7, 11) is 0.